The Bertz CT molecular complexity index is 1010. The van der Waals surface area contributed by atoms with Crippen LogP contribution in [0, 0.1) is 13.8 Å². The van der Waals surface area contributed by atoms with Gasteiger partial charge in [0.15, 0.2) is 6.61 Å². The van der Waals surface area contributed by atoms with E-state index in [1.54, 1.807) is 42.5 Å². The molecule has 0 bridgehead atoms. The van der Waals surface area contributed by atoms with Crippen molar-refractivity contribution < 1.29 is 14.3 Å². The van der Waals surface area contributed by atoms with Crippen molar-refractivity contribution >= 4 is 40.8 Å². The number of aromatic nitrogens is 2. The second-order valence-electron chi connectivity index (χ2n) is 6.10. The van der Waals surface area contributed by atoms with Crippen molar-refractivity contribution in [1.82, 2.24) is 9.97 Å². The number of aromatic amines is 1. The van der Waals surface area contributed by atoms with Gasteiger partial charge in [-0.3, -0.25) is 4.79 Å². The molecule has 0 unspecified atom stereocenters. The highest BCUT2D eigenvalue weighted by Crippen LogP contribution is 2.29. The Kier molecular flexibility index (Phi) is 6.02. The average Bonchev–Trinajstić information content (AvgIpc) is 3.02. The SMILES string of the molecule is Cc1nc(-c2ccc(C(=O)OCC(=O)Nc3cccc(Cl)c3Cl)cc2)[nH]c1C. The standard InChI is InChI=1S/C20H17Cl2N3O3/c1-11-12(2)24-19(23-11)13-6-8-14(9-7-13)20(27)28-10-17(26)25-16-5-3-4-15(21)18(16)22/h3-9H,10H2,1-2H3,(H,23,24)(H,25,26). The molecule has 2 N–H and O–H groups in total. The van der Waals surface area contributed by atoms with Crippen molar-refractivity contribution in [3.05, 3.63) is 69.5 Å². The number of H-pyrrole nitrogens is 1. The smallest absolute Gasteiger partial charge is 0.338 e. The molecule has 0 fully saturated rings. The lowest BCUT2D eigenvalue weighted by atomic mass is 10.1. The fourth-order valence-corrected chi connectivity index (χ4v) is 2.80. The molecule has 0 spiro atoms. The Morgan fingerprint density at radius 3 is 2.46 bits per heavy atom. The van der Waals surface area contributed by atoms with E-state index >= 15 is 0 Å². The van der Waals surface area contributed by atoms with E-state index in [1.165, 1.54) is 0 Å². The molecular weight excluding hydrogens is 401 g/mol. The molecule has 0 radical (unpaired) electrons. The molecule has 0 aliphatic heterocycles. The number of hydrogen-bond acceptors (Lipinski definition) is 4. The van der Waals surface area contributed by atoms with Crippen LogP contribution in [0.3, 0.4) is 0 Å². The molecule has 3 rings (SSSR count). The van der Waals surface area contributed by atoms with E-state index in [9.17, 15) is 9.59 Å². The summed E-state index contributed by atoms with van der Waals surface area (Å²) >= 11 is 11.9. The lowest BCUT2D eigenvalue weighted by Gasteiger charge is -2.09. The predicted octanol–water partition coefficient (Wildman–Crippen LogP) is 4.80. The van der Waals surface area contributed by atoms with Gasteiger partial charge in [0.2, 0.25) is 0 Å². The first-order chi connectivity index (χ1) is 13.3. The fraction of sp³-hybridized carbons (Fsp3) is 0.150. The van der Waals surface area contributed by atoms with Crippen LogP contribution in [-0.2, 0) is 9.53 Å². The molecule has 6 nitrogen and oxygen atoms in total. The predicted molar refractivity (Wildman–Crippen MR) is 109 cm³/mol. The number of aryl methyl sites for hydroxylation is 2. The van der Waals surface area contributed by atoms with Gasteiger partial charge in [-0.1, -0.05) is 41.4 Å². The van der Waals surface area contributed by atoms with Gasteiger partial charge in [-0.05, 0) is 38.1 Å². The summed E-state index contributed by atoms with van der Waals surface area (Å²) < 4.78 is 5.05. The highest BCUT2D eigenvalue weighted by atomic mass is 35.5. The number of carbonyl (C=O) groups is 2. The zero-order valence-electron chi connectivity index (χ0n) is 15.2. The van der Waals surface area contributed by atoms with Crippen molar-refractivity contribution in [2.24, 2.45) is 0 Å². The van der Waals surface area contributed by atoms with Crippen molar-refractivity contribution in [2.75, 3.05) is 11.9 Å². The van der Waals surface area contributed by atoms with Crippen LogP contribution in [0.4, 0.5) is 5.69 Å². The molecule has 28 heavy (non-hydrogen) atoms. The van der Waals surface area contributed by atoms with Crippen LogP contribution in [0.15, 0.2) is 42.5 Å². The fourth-order valence-electron chi connectivity index (χ4n) is 2.45. The highest BCUT2D eigenvalue weighted by Gasteiger charge is 2.13. The number of carbonyl (C=O) groups excluding carboxylic acids is 2. The molecule has 0 saturated heterocycles. The van der Waals surface area contributed by atoms with E-state index < -0.39 is 18.5 Å². The quantitative estimate of drug-likeness (QED) is 0.584. The molecule has 1 heterocycles. The van der Waals surface area contributed by atoms with Crippen LogP contribution in [0.2, 0.25) is 10.0 Å². The second kappa shape index (κ2) is 8.46. The molecule has 0 atom stereocenters. The van der Waals surface area contributed by atoms with Gasteiger partial charge in [0.25, 0.3) is 5.91 Å². The molecule has 0 aliphatic carbocycles. The minimum Gasteiger partial charge on any atom is -0.452 e. The molecule has 0 saturated carbocycles. The molecule has 1 aromatic heterocycles. The number of halogens is 2. The van der Waals surface area contributed by atoms with Crippen LogP contribution in [0.25, 0.3) is 11.4 Å². The number of benzene rings is 2. The number of hydrogen-bond donors (Lipinski definition) is 2. The van der Waals surface area contributed by atoms with E-state index in [2.05, 4.69) is 15.3 Å². The molecule has 2 aromatic carbocycles. The zero-order valence-corrected chi connectivity index (χ0v) is 16.7. The third-order valence-electron chi connectivity index (χ3n) is 4.08. The van der Waals surface area contributed by atoms with Crippen LogP contribution in [0.1, 0.15) is 21.7 Å². The average molecular weight is 418 g/mol. The molecular formula is C20H17Cl2N3O3. The summed E-state index contributed by atoms with van der Waals surface area (Å²) in [5.41, 5.74) is 3.44. The summed E-state index contributed by atoms with van der Waals surface area (Å²) in [5, 5.41) is 3.09. The zero-order chi connectivity index (χ0) is 20.3. The molecule has 8 heteroatoms. The van der Waals surface area contributed by atoms with Gasteiger partial charge in [-0.25, -0.2) is 9.78 Å². The summed E-state index contributed by atoms with van der Waals surface area (Å²) in [6, 6.07) is 11.6. The van der Waals surface area contributed by atoms with E-state index in [0.717, 1.165) is 22.8 Å². The van der Waals surface area contributed by atoms with E-state index in [1.807, 2.05) is 13.8 Å². The Balaban J connectivity index is 1.58. The van der Waals surface area contributed by atoms with Crippen molar-refractivity contribution in [3.63, 3.8) is 0 Å². The minimum atomic E-state index is -0.606. The summed E-state index contributed by atoms with van der Waals surface area (Å²) in [7, 11) is 0. The number of rotatable bonds is 5. The second-order valence-corrected chi connectivity index (χ2v) is 6.88. The molecule has 144 valence electrons. The molecule has 0 aliphatic rings. The Labute approximate surface area is 171 Å². The Morgan fingerprint density at radius 2 is 1.82 bits per heavy atom. The summed E-state index contributed by atoms with van der Waals surface area (Å²) in [5.74, 6) is -0.394. The number of nitrogens with one attached hydrogen (secondary N) is 2. The highest BCUT2D eigenvalue weighted by molar-refractivity contribution is 6.44. The van der Waals surface area contributed by atoms with Gasteiger partial charge in [-0.15, -0.1) is 0 Å². The molecule has 1 amide bonds. The first-order valence-corrected chi connectivity index (χ1v) is 9.15. The number of nitrogens with zero attached hydrogens (tertiary/aromatic N) is 1. The first-order valence-electron chi connectivity index (χ1n) is 8.40. The summed E-state index contributed by atoms with van der Waals surface area (Å²) in [4.78, 5) is 31.7. The van der Waals surface area contributed by atoms with Gasteiger partial charge < -0.3 is 15.0 Å². The van der Waals surface area contributed by atoms with Gasteiger partial charge in [-0.2, -0.15) is 0 Å². The van der Waals surface area contributed by atoms with E-state index in [0.29, 0.717) is 16.3 Å². The van der Waals surface area contributed by atoms with Crippen molar-refractivity contribution in [3.8, 4) is 11.4 Å². The number of ether oxygens (including phenoxy) is 1. The third-order valence-corrected chi connectivity index (χ3v) is 4.90. The minimum absolute atomic E-state index is 0.225. The van der Waals surface area contributed by atoms with Gasteiger partial charge >= 0.3 is 5.97 Å². The van der Waals surface area contributed by atoms with Crippen LogP contribution >= 0.6 is 23.2 Å². The van der Waals surface area contributed by atoms with Gasteiger partial charge in [0.1, 0.15) is 5.82 Å². The Morgan fingerprint density at radius 1 is 1.11 bits per heavy atom. The summed E-state index contributed by atoms with van der Waals surface area (Å²) in [6.45, 7) is 3.42. The summed E-state index contributed by atoms with van der Waals surface area (Å²) in [6.07, 6.45) is 0. The van der Waals surface area contributed by atoms with E-state index in [-0.39, 0.29) is 5.02 Å². The maximum atomic E-state index is 12.2. The third kappa shape index (κ3) is 4.52. The normalized spacial score (nSPS) is 10.6. The number of amides is 1. The van der Waals surface area contributed by atoms with Crippen LogP contribution in [-0.4, -0.2) is 28.5 Å². The topological polar surface area (TPSA) is 84.1 Å². The van der Waals surface area contributed by atoms with Gasteiger partial charge in [0.05, 0.1) is 27.0 Å². The Hall–Kier alpha value is -2.83. The molecule has 3 aromatic rings. The lowest BCUT2D eigenvalue weighted by Crippen LogP contribution is -2.21. The first kappa shape index (κ1) is 19.9. The van der Waals surface area contributed by atoms with Crippen LogP contribution in [0.5, 0.6) is 0 Å². The maximum absolute atomic E-state index is 12.2. The van der Waals surface area contributed by atoms with Crippen molar-refractivity contribution in [2.45, 2.75) is 13.8 Å². The maximum Gasteiger partial charge on any atom is 0.338 e. The number of esters is 1. The van der Waals surface area contributed by atoms with E-state index in [4.69, 9.17) is 27.9 Å². The largest absolute Gasteiger partial charge is 0.452 e. The van der Waals surface area contributed by atoms with Gasteiger partial charge in [0, 0.05) is 11.3 Å². The number of anilines is 1. The van der Waals surface area contributed by atoms with Crippen LogP contribution < -0.4 is 5.32 Å². The number of imidazole rings is 1. The lowest BCUT2D eigenvalue weighted by molar-refractivity contribution is -0.119. The monoisotopic (exact) mass is 417 g/mol. The van der Waals surface area contributed by atoms with Crippen molar-refractivity contribution in [1.29, 1.82) is 0 Å².